The number of nitrogens with zero attached hydrogens (tertiary/aromatic N) is 1. The van der Waals surface area contributed by atoms with Crippen LogP contribution in [0.4, 0.5) is 4.79 Å². The molecule has 0 spiro atoms. The molecule has 0 atom stereocenters. The molecule has 1 heterocycles. The van der Waals surface area contributed by atoms with Crippen molar-refractivity contribution in [2.24, 2.45) is 5.41 Å². The SMILES string of the molecule is CCC1(CC)CNC(=O)N(C)C1=O. The number of urea groups is 1. The van der Waals surface area contributed by atoms with Crippen molar-refractivity contribution < 1.29 is 9.59 Å². The maximum atomic E-state index is 11.8. The molecule has 1 fully saturated rings. The molecule has 3 amide bonds. The smallest absolute Gasteiger partial charge is 0.323 e. The second-order valence-corrected chi connectivity index (χ2v) is 3.51. The minimum absolute atomic E-state index is 0.0544. The Balaban J connectivity index is 2.90. The molecular weight excluding hydrogens is 168 g/mol. The summed E-state index contributed by atoms with van der Waals surface area (Å²) in [5.74, 6) is -0.0544. The second kappa shape index (κ2) is 3.36. The van der Waals surface area contributed by atoms with Crippen molar-refractivity contribution in [3.8, 4) is 0 Å². The molecule has 0 unspecified atom stereocenters. The van der Waals surface area contributed by atoms with Crippen molar-refractivity contribution in [1.29, 1.82) is 0 Å². The Morgan fingerprint density at radius 2 is 1.92 bits per heavy atom. The number of imide groups is 1. The number of carbonyl (C=O) groups excluding carboxylic acids is 2. The van der Waals surface area contributed by atoms with E-state index in [4.69, 9.17) is 0 Å². The molecule has 1 aliphatic heterocycles. The molecule has 1 N–H and O–H groups in total. The first-order chi connectivity index (χ1) is 6.07. The van der Waals surface area contributed by atoms with Crippen LogP contribution in [0.5, 0.6) is 0 Å². The zero-order valence-corrected chi connectivity index (χ0v) is 8.39. The highest BCUT2D eigenvalue weighted by Gasteiger charge is 2.42. The predicted octanol–water partition coefficient (Wildman–Crippen LogP) is 0.974. The Morgan fingerprint density at radius 1 is 1.38 bits per heavy atom. The van der Waals surface area contributed by atoms with Gasteiger partial charge >= 0.3 is 6.03 Å². The maximum Gasteiger partial charge on any atom is 0.323 e. The number of nitrogens with one attached hydrogen (secondary N) is 1. The molecule has 0 aromatic carbocycles. The molecule has 1 rings (SSSR count). The van der Waals surface area contributed by atoms with Gasteiger partial charge < -0.3 is 5.32 Å². The van der Waals surface area contributed by atoms with Crippen molar-refractivity contribution >= 4 is 11.9 Å². The monoisotopic (exact) mass is 184 g/mol. The number of hydrogen-bond acceptors (Lipinski definition) is 2. The van der Waals surface area contributed by atoms with Gasteiger partial charge in [0.05, 0.1) is 5.41 Å². The number of rotatable bonds is 2. The number of carbonyl (C=O) groups is 2. The first-order valence-electron chi connectivity index (χ1n) is 4.63. The molecule has 0 aromatic rings. The molecule has 0 aromatic heterocycles. The summed E-state index contributed by atoms with van der Waals surface area (Å²) in [6.07, 6.45) is 1.54. The third-order valence-electron chi connectivity index (χ3n) is 2.99. The largest absolute Gasteiger partial charge is 0.337 e. The highest BCUT2D eigenvalue weighted by atomic mass is 16.2. The molecule has 0 saturated carbocycles. The lowest BCUT2D eigenvalue weighted by atomic mass is 9.80. The Morgan fingerprint density at radius 3 is 2.38 bits per heavy atom. The van der Waals surface area contributed by atoms with Crippen molar-refractivity contribution in [2.75, 3.05) is 13.6 Å². The Labute approximate surface area is 78.3 Å². The van der Waals surface area contributed by atoms with Gasteiger partial charge in [-0.05, 0) is 12.8 Å². The van der Waals surface area contributed by atoms with Crippen molar-refractivity contribution in [1.82, 2.24) is 10.2 Å². The van der Waals surface area contributed by atoms with Gasteiger partial charge in [-0.25, -0.2) is 4.79 Å². The summed E-state index contributed by atoms with van der Waals surface area (Å²) in [6.45, 7) is 4.43. The summed E-state index contributed by atoms with van der Waals surface area (Å²) < 4.78 is 0. The second-order valence-electron chi connectivity index (χ2n) is 3.51. The lowest BCUT2D eigenvalue weighted by molar-refractivity contribution is -0.140. The summed E-state index contributed by atoms with van der Waals surface area (Å²) in [5, 5.41) is 2.72. The molecule has 0 bridgehead atoms. The van der Waals surface area contributed by atoms with Crippen molar-refractivity contribution in [2.45, 2.75) is 26.7 Å². The van der Waals surface area contributed by atoms with Gasteiger partial charge in [0.25, 0.3) is 0 Å². The normalized spacial score (nSPS) is 21.6. The van der Waals surface area contributed by atoms with E-state index in [9.17, 15) is 9.59 Å². The van der Waals surface area contributed by atoms with Crippen LogP contribution < -0.4 is 5.32 Å². The van der Waals surface area contributed by atoms with Crippen LogP contribution in [0.15, 0.2) is 0 Å². The first-order valence-corrected chi connectivity index (χ1v) is 4.63. The lowest BCUT2D eigenvalue weighted by Gasteiger charge is -2.38. The van der Waals surface area contributed by atoms with E-state index in [2.05, 4.69) is 5.32 Å². The number of hydrogen-bond donors (Lipinski definition) is 1. The van der Waals surface area contributed by atoms with E-state index >= 15 is 0 Å². The highest BCUT2D eigenvalue weighted by molar-refractivity contribution is 5.99. The molecule has 74 valence electrons. The van der Waals surface area contributed by atoms with Crippen LogP contribution in [0.25, 0.3) is 0 Å². The summed E-state index contributed by atoms with van der Waals surface area (Å²) in [7, 11) is 1.52. The molecule has 1 aliphatic rings. The van der Waals surface area contributed by atoms with E-state index in [0.29, 0.717) is 6.54 Å². The maximum absolute atomic E-state index is 11.8. The van der Waals surface area contributed by atoms with Crippen LogP contribution in [-0.4, -0.2) is 30.4 Å². The van der Waals surface area contributed by atoms with Crippen LogP contribution in [0, 0.1) is 5.41 Å². The summed E-state index contributed by atoms with van der Waals surface area (Å²) in [4.78, 5) is 24.1. The van der Waals surface area contributed by atoms with Crippen LogP contribution >= 0.6 is 0 Å². The fourth-order valence-electron chi connectivity index (χ4n) is 1.69. The van der Waals surface area contributed by atoms with Gasteiger partial charge in [0.15, 0.2) is 0 Å². The van der Waals surface area contributed by atoms with Crippen LogP contribution in [0.1, 0.15) is 26.7 Å². The zero-order chi connectivity index (χ0) is 10.1. The van der Waals surface area contributed by atoms with E-state index < -0.39 is 0 Å². The van der Waals surface area contributed by atoms with Gasteiger partial charge in [0.2, 0.25) is 5.91 Å². The van der Waals surface area contributed by atoms with Gasteiger partial charge in [-0.1, -0.05) is 13.8 Å². The first kappa shape index (κ1) is 10.0. The average molecular weight is 184 g/mol. The third kappa shape index (κ3) is 1.41. The average Bonchev–Trinajstić information content (AvgIpc) is 2.16. The van der Waals surface area contributed by atoms with Gasteiger partial charge in [-0.15, -0.1) is 0 Å². The predicted molar refractivity (Wildman–Crippen MR) is 49.2 cm³/mol. The van der Waals surface area contributed by atoms with Gasteiger partial charge in [0, 0.05) is 13.6 Å². The van der Waals surface area contributed by atoms with E-state index in [-0.39, 0.29) is 17.4 Å². The Bertz CT molecular complexity index is 234. The van der Waals surface area contributed by atoms with Crippen LogP contribution in [0.3, 0.4) is 0 Å². The van der Waals surface area contributed by atoms with E-state index in [1.807, 2.05) is 13.8 Å². The van der Waals surface area contributed by atoms with E-state index in [1.165, 1.54) is 11.9 Å². The minimum atomic E-state index is -0.372. The zero-order valence-electron chi connectivity index (χ0n) is 8.39. The standard InChI is InChI=1S/C9H16N2O2/c1-4-9(5-2)6-10-8(13)11(3)7(9)12/h4-6H2,1-3H3,(H,10,13). The molecule has 4 heteroatoms. The fourth-order valence-corrected chi connectivity index (χ4v) is 1.69. The molecule has 0 radical (unpaired) electrons. The summed E-state index contributed by atoms with van der Waals surface area (Å²) >= 11 is 0. The third-order valence-corrected chi connectivity index (χ3v) is 2.99. The van der Waals surface area contributed by atoms with E-state index in [0.717, 1.165) is 12.8 Å². The van der Waals surface area contributed by atoms with Gasteiger partial charge in [-0.2, -0.15) is 0 Å². The molecule has 1 saturated heterocycles. The van der Waals surface area contributed by atoms with E-state index in [1.54, 1.807) is 0 Å². The molecule has 4 nitrogen and oxygen atoms in total. The van der Waals surface area contributed by atoms with Crippen molar-refractivity contribution in [3.05, 3.63) is 0 Å². The van der Waals surface area contributed by atoms with Crippen LogP contribution in [-0.2, 0) is 4.79 Å². The lowest BCUT2D eigenvalue weighted by Crippen LogP contribution is -2.58. The van der Waals surface area contributed by atoms with Gasteiger partial charge in [-0.3, -0.25) is 9.69 Å². The highest BCUT2D eigenvalue weighted by Crippen LogP contribution is 2.30. The summed E-state index contributed by atoms with van der Waals surface area (Å²) in [5.41, 5.74) is -0.372. The quantitative estimate of drug-likeness (QED) is 0.695. The number of amides is 3. The fraction of sp³-hybridized carbons (Fsp3) is 0.778. The molecule has 0 aliphatic carbocycles. The van der Waals surface area contributed by atoms with Crippen LogP contribution in [0.2, 0.25) is 0 Å². The molecule has 13 heavy (non-hydrogen) atoms. The Hall–Kier alpha value is -1.06. The topological polar surface area (TPSA) is 49.4 Å². The minimum Gasteiger partial charge on any atom is -0.337 e. The van der Waals surface area contributed by atoms with Crippen molar-refractivity contribution in [3.63, 3.8) is 0 Å². The summed E-state index contributed by atoms with van der Waals surface area (Å²) in [6, 6.07) is -0.289. The van der Waals surface area contributed by atoms with Gasteiger partial charge in [0.1, 0.15) is 0 Å². The molecular formula is C9H16N2O2. The Kier molecular flexibility index (Phi) is 2.59.